The van der Waals surface area contributed by atoms with Crippen LogP contribution in [0.5, 0.6) is 5.75 Å². The minimum absolute atomic E-state index is 0.450. The van der Waals surface area contributed by atoms with Gasteiger partial charge in [-0.3, -0.25) is 0 Å². The van der Waals surface area contributed by atoms with Crippen LogP contribution in [0.25, 0.3) is 0 Å². The van der Waals surface area contributed by atoms with Crippen molar-refractivity contribution in [2.45, 2.75) is 46.6 Å². The fraction of sp³-hybridized carbons (Fsp3) is 0.647. The van der Waals surface area contributed by atoms with E-state index in [1.165, 1.54) is 12.0 Å². The molecule has 112 valence electrons. The molecular formula is C17H26BrNO. The Labute approximate surface area is 131 Å². The van der Waals surface area contributed by atoms with Crippen LogP contribution in [0.2, 0.25) is 0 Å². The fourth-order valence-corrected chi connectivity index (χ4v) is 3.34. The van der Waals surface area contributed by atoms with Gasteiger partial charge in [0.15, 0.2) is 0 Å². The van der Waals surface area contributed by atoms with Crippen molar-refractivity contribution < 1.29 is 4.74 Å². The van der Waals surface area contributed by atoms with Gasteiger partial charge in [0.1, 0.15) is 5.75 Å². The van der Waals surface area contributed by atoms with Crippen LogP contribution in [0, 0.1) is 11.3 Å². The molecule has 20 heavy (non-hydrogen) atoms. The Bertz CT molecular complexity index is 458. The average molecular weight is 340 g/mol. The Morgan fingerprint density at radius 2 is 2.10 bits per heavy atom. The minimum Gasteiger partial charge on any atom is -0.492 e. The molecule has 0 aliphatic heterocycles. The highest BCUT2D eigenvalue weighted by molar-refractivity contribution is 9.10. The molecule has 0 heterocycles. The second-order valence-corrected chi connectivity index (χ2v) is 7.23. The van der Waals surface area contributed by atoms with Crippen molar-refractivity contribution in [2.24, 2.45) is 11.3 Å². The molecule has 0 spiro atoms. The summed E-state index contributed by atoms with van der Waals surface area (Å²) in [6.07, 6.45) is 2.33. The third-order valence-electron chi connectivity index (χ3n) is 4.19. The van der Waals surface area contributed by atoms with E-state index in [1.54, 1.807) is 0 Å². The zero-order chi connectivity index (χ0) is 14.8. The van der Waals surface area contributed by atoms with E-state index in [2.05, 4.69) is 67.1 Å². The van der Waals surface area contributed by atoms with Gasteiger partial charge in [-0.25, -0.2) is 0 Å². The third kappa shape index (κ3) is 3.56. The molecule has 1 aliphatic carbocycles. The first-order chi connectivity index (χ1) is 9.49. The van der Waals surface area contributed by atoms with Crippen molar-refractivity contribution >= 4 is 15.9 Å². The van der Waals surface area contributed by atoms with Crippen LogP contribution in [-0.4, -0.2) is 13.2 Å². The lowest BCUT2D eigenvalue weighted by Crippen LogP contribution is -2.24. The molecule has 1 aromatic carbocycles. The highest BCUT2D eigenvalue weighted by atomic mass is 79.9. The highest BCUT2D eigenvalue weighted by Crippen LogP contribution is 2.57. The van der Waals surface area contributed by atoms with Crippen molar-refractivity contribution in [3.63, 3.8) is 0 Å². The molecule has 1 aromatic rings. The largest absolute Gasteiger partial charge is 0.492 e. The van der Waals surface area contributed by atoms with Crippen molar-refractivity contribution in [1.29, 1.82) is 0 Å². The van der Waals surface area contributed by atoms with Crippen LogP contribution >= 0.6 is 15.9 Å². The molecule has 0 aromatic heterocycles. The minimum atomic E-state index is 0.450. The first kappa shape index (κ1) is 15.8. The summed E-state index contributed by atoms with van der Waals surface area (Å²) in [4.78, 5) is 0. The molecule has 1 aliphatic rings. The van der Waals surface area contributed by atoms with E-state index in [9.17, 15) is 0 Å². The van der Waals surface area contributed by atoms with E-state index in [4.69, 9.17) is 4.74 Å². The predicted octanol–water partition coefficient (Wildman–Crippen LogP) is 4.93. The lowest BCUT2D eigenvalue weighted by atomic mass is 9.97. The maximum Gasteiger partial charge on any atom is 0.133 e. The fourth-order valence-electron chi connectivity index (χ4n) is 2.83. The van der Waals surface area contributed by atoms with Crippen molar-refractivity contribution in [3.05, 3.63) is 28.2 Å². The maximum absolute atomic E-state index is 5.73. The van der Waals surface area contributed by atoms with Gasteiger partial charge in [0, 0.05) is 6.04 Å². The summed E-state index contributed by atoms with van der Waals surface area (Å²) < 4.78 is 6.79. The topological polar surface area (TPSA) is 21.3 Å². The van der Waals surface area contributed by atoms with Crippen LogP contribution in [0.3, 0.4) is 0 Å². The number of hydrogen-bond donors (Lipinski definition) is 1. The molecule has 2 unspecified atom stereocenters. The second-order valence-electron chi connectivity index (χ2n) is 6.37. The molecular weight excluding hydrogens is 314 g/mol. The van der Waals surface area contributed by atoms with Gasteiger partial charge in [0.2, 0.25) is 0 Å². The molecule has 2 atom stereocenters. The van der Waals surface area contributed by atoms with E-state index in [0.29, 0.717) is 11.5 Å². The van der Waals surface area contributed by atoms with E-state index in [1.807, 2.05) is 0 Å². The van der Waals surface area contributed by atoms with Crippen LogP contribution in [-0.2, 0) is 0 Å². The SMILES string of the molecule is CCCOc1ccc(C(NCC)C2CC2(C)C)cc1Br. The Morgan fingerprint density at radius 3 is 2.60 bits per heavy atom. The van der Waals surface area contributed by atoms with E-state index >= 15 is 0 Å². The first-order valence-corrected chi connectivity index (χ1v) is 8.44. The quantitative estimate of drug-likeness (QED) is 0.759. The Kier molecular flexibility index (Phi) is 5.14. The van der Waals surface area contributed by atoms with E-state index < -0.39 is 0 Å². The molecule has 1 N–H and O–H groups in total. The summed E-state index contributed by atoms with van der Waals surface area (Å²) in [6.45, 7) is 10.8. The normalized spacial score (nSPS) is 21.6. The summed E-state index contributed by atoms with van der Waals surface area (Å²) in [6, 6.07) is 6.96. The first-order valence-electron chi connectivity index (χ1n) is 7.65. The molecule has 0 amide bonds. The Hall–Kier alpha value is -0.540. The Morgan fingerprint density at radius 1 is 1.40 bits per heavy atom. The van der Waals surface area contributed by atoms with Gasteiger partial charge < -0.3 is 10.1 Å². The molecule has 0 saturated heterocycles. The molecule has 2 rings (SSSR count). The number of rotatable bonds is 7. The van der Waals surface area contributed by atoms with Gasteiger partial charge in [-0.2, -0.15) is 0 Å². The predicted molar refractivity (Wildman–Crippen MR) is 88.2 cm³/mol. The number of benzene rings is 1. The summed E-state index contributed by atoms with van der Waals surface area (Å²) >= 11 is 3.64. The van der Waals surface area contributed by atoms with Gasteiger partial charge in [0.05, 0.1) is 11.1 Å². The lowest BCUT2D eigenvalue weighted by molar-refractivity contribution is 0.315. The molecule has 0 bridgehead atoms. The van der Waals surface area contributed by atoms with Crippen molar-refractivity contribution in [3.8, 4) is 5.75 Å². The number of hydrogen-bond acceptors (Lipinski definition) is 2. The highest BCUT2D eigenvalue weighted by Gasteiger charge is 2.50. The molecule has 2 nitrogen and oxygen atoms in total. The maximum atomic E-state index is 5.73. The van der Waals surface area contributed by atoms with Crippen LogP contribution in [0.4, 0.5) is 0 Å². The average Bonchev–Trinajstić information content (AvgIpc) is 3.03. The van der Waals surface area contributed by atoms with E-state index in [0.717, 1.165) is 35.7 Å². The number of nitrogens with one attached hydrogen (secondary N) is 1. The summed E-state index contributed by atoms with van der Waals surface area (Å²) in [5, 5.41) is 3.64. The molecule has 1 fully saturated rings. The van der Waals surface area contributed by atoms with E-state index in [-0.39, 0.29) is 0 Å². The van der Waals surface area contributed by atoms with Gasteiger partial charge in [0.25, 0.3) is 0 Å². The van der Waals surface area contributed by atoms with Gasteiger partial charge >= 0.3 is 0 Å². The van der Waals surface area contributed by atoms with Crippen molar-refractivity contribution in [2.75, 3.05) is 13.2 Å². The van der Waals surface area contributed by atoms with Gasteiger partial charge in [-0.05, 0) is 64.3 Å². The summed E-state index contributed by atoms with van der Waals surface area (Å²) in [5.41, 5.74) is 1.83. The second kappa shape index (κ2) is 6.48. The third-order valence-corrected chi connectivity index (χ3v) is 4.81. The zero-order valence-corrected chi connectivity index (χ0v) is 14.6. The molecule has 1 saturated carbocycles. The Balaban J connectivity index is 2.15. The van der Waals surface area contributed by atoms with Crippen molar-refractivity contribution in [1.82, 2.24) is 5.32 Å². The number of ether oxygens (including phenoxy) is 1. The standard InChI is InChI=1S/C17H26BrNO/c1-5-9-20-15-8-7-12(10-14(15)18)16(19-6-2)13-11-17(13,3)4/h7-8,10,13,16,19H,5-6,9,11H2,1-4H3. The zero-order valence-electron chi connectivity index (χ0n) is 13.0. The summed E-state index contributed by atoms with van der Waals surface area (Å²) in [7, 11) is 0. The monoisotopic (exact) mass is 339 g/mol. The summed E-state index contributed by atoms with van der Waals surface area (Å²) in [5.74, 6) is 1.68. The van der Waals surface area contributed by atoms with Gasteiger partial charge in [-0.1, -0.05) is 33.8 Å². The van der Waals surface area contributed by atoms with Crippen LogP contribution < -0.4 is 10.1 Å². The lowest BCUT2D eigenvalue weighted by Gasteiger charge is -2.21. The van der Waals surface area contributed by atoms with Crippen LogP contribution in [0.15, 0.2) is 22.7 Å². The number of halogens is 1. The van der Waals surface area contributed by atoms with Crippen LogP contribution in [0.1, 0.15) is 52.1 Å². The molecule has 3 heteroatoms. The molecule has 0 radical (unpaired) electrons. The smallest absolute Gasteiger partial charge is 0.133 e. The van der Waals surface area contributed by atoms with Gasteiger partial charge in [-0.15, -0.1) is 0 Å².